The molecule has 0 aliphatic heterocycles. The number of carbonyl (C=O) groups excluding carboxylic acids is 1. The normalized spacial score (nSPS) is 12.2. The van der Waals surface area contributed by atoms with Crippen molar-refractivity contribution in [1.82, 2.24) is 9.88 Å². The van der Waals surface area contributed by atoms with E-state index in [0.717, 1.165) is 28.1 Å². The van der Waals surface area contributed by atoms with Crippen LogP contribution in [-0.4, -0.2) is 35.3 Å². The molecule has 0 saturated heterocycles. The molecule has 0 N–H and O–H groups in total. The number of likely N-dealkylation sites (N-methyl/N-ethyl adjacent to an activating group) is 1. The van der Waals surface area contributed by atoms with Gasteiger partial charge < -0.3 is 0 Å². The zero-order valence-corrected chi connectivity index (χ0v) is 13.5. The van der Waals surface area contributed by atoms with E-state index in [1.165, 1.54) is 0 Å². The minimum absolute atomic E-state index is 0.270. The topological polar surface area (TPSA) is 33.2 Å². The van der Waals surface area contributed by atoms with Gasteiger partial charge in [0.2, 0.25) is 0 Å². The van der Waals surface area contributed by atoms with Crippen molar-refractivity contribution < 1.29 is 4.79 Å². The lowest BCUT2D eigenvalue weighted by atomic mass is 9.85. The fourth-order valence-corrected chi connectivity index (χ4v) is 3.79. The fourth-order valence-electron chi connectivity index (χ4n) is 2.82. The first-order chi connectivity index (χ1) is 9.53. The van der Waals surface area contributed by atoms with Crippen LogP contribution in [0.15, 0.2) is 24.3 Å². The molecule has 3 nitrogen and oxygen atoms in total. The van der Waals surface area contributed by atoms with Crippen molar-refractivity contribution in [3.05, 3.63) is 29.3 Å². The van der Waals surface area contributed by atoms with E-state index < -0.39 is 0 Å². The third-order valence-electron chi connectivity index (χ3n) is 4.19. The highest BCUT2D eigenvalue weighted by Gasteiger charge is 2.36. The van der Waals surface area contributed by atoms with Crippen LogP contribution in [0.3, 0.4) is 0 Å². The number of benzene rings is 1. The van der Waals surface area contributed by atoms with Gasteiger partial charge in [-0.05, 0) is 39.1 Å². The van der Waals surface area contributed by atoms with Crippen molar-refractivity contribution >= 4 is 27.3 Å². The van der Waals surface area contributed by atoms with Crippen molar-refractivity contribution in [3.8, 4) is 0 Å². The number of ketones is 1. The van der Waals surface area contributed by atoms with Gasteiger partial charge in [0.1, 0.15) is 5.01 Å². The maximum atomic E-state index is 12.7. The third kappa shape index (κ3) is 2.63. The minimum atomic E-state index is -0.363. The second-order valence-electron chi connectivity index (χ2n) is 5.31. The molecule has 0 unspecified atom stereocenters. The highest BCUT2D eigenvalue weighted by atomic mass is 32.1. The van der Waals surface area contributed by atoms with Gasteiger partial charge in [0, 0.05) is 0 Å². The van der Waals surface area contributed by atoms with Gasteiger partial charge in [-0.15, -0.1) is 11.3 Å². The number of hydrogen-bond donors (Lipinski definition) is 0. The highest BCUT2D eigenvalue weighted by molar-refractivity contribution is 7.18. The van der Waals surface area contributed by atoms with Gasteiger partial charge >= 0.3 is 0 Å². The van der Waals surface area contributed by atoms with E-state index in [2.05, 4.69) is 29.8 Å². The van der Waals surface area contributed by atoms with Gasteiger partial charge in [-0.1, -0.05) is 26.0 Å². The molecule has 0 amide bonds. The third-order valence-corrected chi connectivity index (χ3v) is 5.23. The first kappa shape index (κ1) is 15.1. The molecule has 2 rings (SSSR count). The van der Waals surface area contributed by atoms with Crippen molar-refractivity contribution in [1.29, 1.82) is 0 Å². The van der Waals surface area contributed by atoms with E-state index in [-0.39, 0.29) is 11.3 Å². The minimum Gasteiger partial charge on any atom is -0.297 e. The Bertz CT molecular complexity index is 566. The molecule has 0 aliphatic rings. The van der Waals surface area contributed by atoms with E-state index in [1.54, 1.807) is 11.3 Å². The maximum Gasteiger partial charge on any atom is 0.159 e. The van der Waals surface area contributed by atoms with Gasteiger partial charge in [0.15, 0.2) is 5.78 Å². The molecule has 0 fully saturated rings. The zero-order valence-electron chi connectivity index (χ0n) is 12.6. The van der Waals surface area contributed by atoms with Gasteiger partial charge in [0.05, 0.1) is 22.2 Å². The average Bonchev–Trinajstić information content (AvgIpc) is 2.82. The molecule has 0 spiro atoms. The highest BCUT2D eigenvalue weighted by Crippen LogP contribution is 2.27. The van der Waals surface area contributed by atoms with Crippen LogP contribution < -0.4 is 0 Å². The molecule has 0 bridgehead atoms. The summed E-state index contributed by atoms with van der Waals surface area (Å²) in [7, 11) is 3.98. The van der Waals surface area contributed by atoms with Crippen LogP contribution in [0.4, 0.5) is 0 Å². The first-order valence-electron chi connectivity index (χ1n) is 7.08. The summed E-state index contributed by atoms with van der Waals surface area (Å²) in [5, 5.41) is 0.921. The molecule has 0 radical (unpaired) electrons. The molecule has 4 heteroatoms. The fraction of sp³-hybridized carbons (Fsp3) is 0.500. The SMILES string of the molecule is CCC(CC)(C(=O)Cc1nc2ccccc2s1)N(C)C. The lowest BCUT2D eigenvalue weighted by molar-refractivity contribution is -0.129. The van der Waals surface area contributed by atoms with E-state index in [9.17, 15) is 4.79 Å². The van der Waals surface area contributed by atoms with E-state index in [0.29, 0.717) is 6.42 Å². The van der Waals surface area contributed by atoms with Crippen LogP contribution >= 0.6 is 11.3 Å². The zero-order chi connectivity index (χ0) is 14.8. The van der Waals surface area contributed by atoms with Crippen LogP contribution in [0, 0.1) is 0 Å². The van der Waals surface area contributed by atoms with E-state index >= 15 is 0 Å². The number of rotatable bonds is 6. The number of aromatic nitrogens is 1. The van der Waals surface area contributed by atoms with Gasteiger partial charge in [-0.2, -0.15) is 0 Å². The Labute approximate surface area is 124 Å². The number of hydrogen-bond acceptors (Lipinski definition) is 4. The molecule has 0 saturated carbocycles. The molecule has 0 atom stereocenters. The quantitative estimate of drug-likeness (QED) is 0.816. The van der Waals surface area contributed by atoms with Gasteiger partial charge in [-0.25, -0.2) is 4.98 Å². The predicted octanol–water partition coefficient (Wildman–Crippen LogP) is 3.53. The summed E-state index contributed by atoms with van der Waals surface area (Å²) in [6, 6.07) is 8.04. The smallest absolute Gasteiger partial charge is 0.159 e. The summed E-state index contributed by atoms with van der Waals surface area (Å²) in [5.41, 5.74) is 0.626. The maximum absolute atomic E-state index is 12.7. The average molecular weight is 290 g/mol. The number of nitrogens with zero attached hydrogens (tertiary/aromatic N) is 2. The Hall–Kier alpha value is -1.26. The van der Waals surface area contributed by atoms with Crippen LogP contribution in [0.2, 0.25) is 0 Å². The summed E-state index contributed by atoms with van der Waals surface area (Å²) >= 11 is 1.62. The molecule has 0 aliphatic carbocycles. The summed E-state index contributed by atoms with van der Waals surface area (Å²) in [6.45, 7) is 4.17. The van der Waals surface area contributed by atoms with E-state index in [1.807, 2.05) is 32.3 Å². The Morgan fingerprint density at radius 3 is 2.45 bits per heavy atom. The van der Waals surface area contributed by atoms with Crippen LogP contribution in [0.5, 0.6) is 0 Å². The molecule has 1 heterocycles. The molecule has 2 aromatic rings. The molecule has 1 aromatic carbocycles. The Kier molecular flexibility index (Phi) is 4.55. The number of para-hydroxylation sites is 1. The summed E-state index contributed by atoms with van der Waals surface area (Å²) in [4.78, 5) is 19.4. The largest absolute Gasteiger partial charge is 0.297 e. The molecule has 1 aromatic heterocycles. The lowest BCUT2D eigenvalue weighted by Gasteiger charge is -2.36. The Balaban J connectivity index is 2.25. The number of Topliss-reactive ketones (excluding diaryl/α,β-unsaturated/α-hetero) is 1. The number of carbonyl (C=O) groups is 1. The Morgan fingerprint density at radius 1 is 1.25 bits per heavy atom. The monoisotopic (exact) mass is 290 g/mol. The van der Waals surface area contributed by atoms with Crippen LogP contribution in [0.1, 0.15) is 31.7 Å². The molecule has 20 heavy (non-hydrogen) atoms. The van der Waals surface area contributed by atoms with E-state index in [4.69, 9.17) is 0 Å². The molecular formula is C16H22N2OS. The first-order valence-corrected chi connectivity index (χ1v) is 7.90. The lowest BCUT2D eigenvalue weighted by Crippen LogP contribution is -2.50. The van der Waals surface area contributed by atoms with Gasteiger partial charge in [-0.3, -0.25) is 9.69 Å². The second-order valence-corrected chi connectivity index (χ2v) is 6.42. The van der Waals surface area contributed by atoms with Crippen molar-refractivity contribution in [2.75, 3.05) is 14.1 Å². The molecule has 108 valence electrons. The Morgan fingerprint density at radius 2 is 1.90 bits per heavy atom. The molecular weight excluding hydrogens is 268 g/mol. The van der Waals surface area contributed by atoms with Crippen molar-refractivity contribution in [3.63, 3.8) is 0 Å². The number of fused-ring (bicyclic) bond motifs is 1. The van der Waals surface area contributed by atoms with Crippen molar-refractivity contribution in [2.24, 2.45) is 0 Å². The summed E-state index contributed by atoms with van der Waals surface area (Å²) in [5.74, 6) is 0.270. The summed E-state index contributed by atoms with van der Waals surface area (Å²) < 4.78 is 1.15. The summed E-state index contributed by atoms with van der Waals surface area (Å²) in [6.07, 6.45) is 2.10. The van der Waals surface area contributed by atoms with Crippen LogP contribution in [0.25, 0.3) is 10.2 Å². The van der Waals surface area contributed by atoms with Crippen LogP contribution in [-0.2, 0) is 11.2 Å². The van der Waals surface area contributed by atoms with Crippen molar-refractivity contribution in [2.45, 2.75) is 38.6 Å². The predicted molar refractivity (Wildman–Crippen MR) is 85.3 cm³/mol. The standard InChI is InChI=1S/C16H22N2OS/c1-5-16(6-2,18(3)4)14(19)11-15-17-12-9-7-8-10-13(12)20-15/h7-10H,5-6,11H2,1-4H3. The van der Waals surface area contributed by atoms with Gasteiger partial charge in [0.25, 0.3) is 0 Å². The second kappa shape index (κ2) is 6.02. The number of thiazole rings is 1.